The van der Waals surface area contributed by atoms with E-state index in [0.717, 1.165) is 35.5 Å². The van der Waals surface area contributed by atoms with Gasteiger partial charge in [-0.15, -0.1) is 0 Å². The van der Waals surface area contributed by atoms with E-state index in [4.69, 9.17) is 0 Å². The molecule has 3 aromatic rings. The smallest absolute Gasteiger partial charge is 0.294 e. The molecule has 0 radical (unpaired) electrons. The summed E-state index contributed by atoms with van der Waals surface area (Å²) >= 11 is 0. The second-order valence-electron chi connectivity index (χ2n) is 7.08. The lowest BCUT2D eigenvalue weighted by atomic mass is 10.0. The van der Waals surface area contributed by atoms with Gasteiger partial charge >= 0.3 is 6.18 Å². The summed E-state index contributed by atoms with van der Waals surface area (Å²) in [7, 11) is 0. The third-order valence-corrected chi connectivity index (χ3v) is 5.04. The van der Waals surface area contributed by atoms with Gasteiger partial charge in [0.15, 0.2) is 5.82 Å². The van der Waals surface area contributed by atoms with Crippen molar-refractivity contribution in [1.29, 1.82) is 0 Å². The summed E-state index contributed by atoms with van der Waals surface area (Å²) in [6.45, 7) is 3.86. The van der Waals surface area contributed by atoms with Crippen LogP contribution in [-0.4, -0.2) is 26.4 Å². The first kappa shape index (κ1) is 19.4. The Balaban J connectivity index is 1.50. The van der Waals surface area contributed by atoms with Crippen LogP contribution in [0.2, 0.25) is 0 Å². The number of alkyl halides is 3. The van der Waals surface area contributed by atoms with Gasteiger partial charge in [-0.2, -0.15) is 17.6 Å². The first-order chi connectivity index (χ1) is 13.8. The molecule has 0 saturated carbocycles. The molecule has 3 heterocycles. The van der Waals surface area contributed by atoms with Crippen molar-refractivity contribution in [3.05, 3.63) is 76.6 Å². The molecule has 0 atom stereocenters. The van der Waals surface area contributed by atoms with Crippen LogP contribution >= 0.6 is 0 Å². The zero-order valence-corrected chi connectivity index (χ0v) is 15.7. The first-order valence-corrected chi connectivity index (χ1v) is 9.16. The Bertz CT molecular complexity index is 1030. The molecule has 2 aromatic heterocycles. The Morgan fingerprint density at radius 1 is 1.03 bits per heavy atom. The molecule has 4 rings (SSSR count). The number of fused-ring (bicyclic) bond motifs is 1. The van der Waals surface area contributed by atoms with Crippen LogP contribution in [0.4, 0.5) is 17.6 Å². The van der Waals surface area contributed by atoms with E-state index in [9.17, 15) is 17.6 Å². The Hall–Kier alpha value is -2.87. The summed E-state index contributed by atoms with van der Waals surface area (Å²) in [5.41, 5.74) is 3.39. The fraction of sp³-hybridized carbons (Fsp3) is 0.286. The van der Waals surface area contributed by atoms with Crippen molar-refractivity contribution in [2.45, 2.75) is 32.6 Å². The Kier molecular flexibility index (Phi) is 5.04. The normalized spacial score (nSPS) is 14.7. The van der Waals surface area contributed by atoms with Crippen LogP contribution < -0.4 is 0 Å². The highest BCUT2D eigenvalue weighted by Gasteiger charge is 2.30. The van der Waals surface area contributed by atoms with E-state index in [1.165, 1.54) is 18.2 Å². The molecule has 0 spiro atoms. The minimum Gasteiger partial charge on any atom is -0.294 e. The molecule has 0 N–H and O–H groups in total. The highest BCUT2D eigenvalue weighted by Crippen LogP contribution is 2.30. The number of halogens is 4. The van der Waals surface area contributed by atoms with E-state index in [-0.39, 0.29) is 0 Å². The zero-order chi connectivity index (χ0) is 20.6. The number of nitrogens with zero attached hydrogens (tertiary/aromatic N) is 4. The molecule has 29 heavy (non-hydrogen) atoms. The largest absolute Gasteiger partial charge is 0.416 e. The van der Waals surface area contributed by atoms with E-state index in [1.54, 1.807) is 19.2 Å². The average Bonchev–Trinajstić information content (AvgIpc) is 2.69. The van der Waals surface area contributed by atoms with Crippen molar-refractivity contribution in [1.82, 2.24) is 19.9 Å². The van der Waals surface area contributed by atoms with Crippen molar-refractivity contribution in [2.24, 2.45) is 0 Å². The van der Waals surface area contributed by atoms with Gasteiger partial charge < -0.3 is 0 Å². The third-order valence-electron chi connectivity index (χ3n) is 5.04. The topological polar surface area (TPSA) is 41.9 Å². The predicted molar refractivity (Wildman–Crippen MR) is 99.2 cm³/mol. The van der Waals surface area contributed by atoms with Gasteiger partial charge in [0.2, 0.25) is 5.95 Å². The Morgan fingerprint density at radius 2 is 1.79 bits per heavy atom. The van der Waals surface area contributed by atoms with Crippen LogP contribution in [0, 0.1) is 12.9 Å². The lowest BCUT2D eigenvalue weighted by Gasteiger charge is -2.28. The van der Waals surface area contributed by atoms with E-state index in [0.29, 0.717) is 36.6 Å². The summed E-state index contributed by atoms with van der Waals surface area (Å²) < 4.78 is 51.4. The second kappa shape index (κ2) is 7.51. The molecule has 0 bridgehead atoms. The van der Waals surface area contributed by atoms with Crippen molar-refractivity contribution >= 4 is 0 Å². The molecule has 0 unspecified atom stereocenters. The van der Waals surface area contributed by atoms with Crippen LogP contribution in [0.15, 0.2) is 42.6 Å². The van der Waals surface area contributed by atoms with Crippen LogP contribution in [0.25, 0.3) is 11.4 Å². The highest BCUT2D eigenvalue weighted by molar-refractivity contribution is 5.56. The third kappa shape index (κ3) is 4.27. The lowest BCUT2D eigenvalue weighted by Crippen LogP contribution is -2.31. The second-order valence-corrected chi connectivity index (χ2v) is 7.08. The van der Waals surface area contributed by atoms with Gasteiger partial charge in [-0.25, -0.2) is 15.0 Å². The minimum atomic E-state index is -4.36. The van der Waals surface area contributed by atoms with E-state index < -0.39 is 17.7 Å². The maximum Gasteiger partial charge on any atom is 0.416 e. The summed E-state index contributed by atoms with van der Waals surface area (Å²) in [4.78, 5) is 15.0. The summed E-state index contributed by atoms with van der Waals surface area (Å²) in [6.07, 6.45) is -1.92. The molecule has 0 saturated heterocycles. The first-order valence-electron chi connectivity index (χ1n) is 9.16. The van der Waals surface area contributed by atoms with Crippen LogP contribution in [0.1, 0.15) is 28.1 Å². The van der Waals surface area contributed by atoms with Crippen molar-refractivity contribution in [3.8, 4) is 11.4 Å². The minimum absolute atomic E-state index is 0.421. The predicted octanol–water partition coefficient (Wildman–Crippen LogP) is 4.56. The number of rotatable bonds is 3. The van der Waals surface area contributed by atoms with Crippen molar-refractivity contribution in [2.75, 3.05) is 6.54 Å². The zero-order valence-electron chi connectivity index (χ0n) is 15.7. The van der Waals surface area contributed by atoms with Gasteiger partial charge in [-0.05, 0) is 30.7 Å². The van der Waals surface area contributed by atoms with E-state index in [2.05, 4.69) is 19.9 Å². The number of hydrogen-bond donors (Lipinski definition) is 0. The van der Waals surface area contributed by atoms with Crippen LogP contribution in [0.3, 0.4) is 0 Å². The molecule has 1 aliphatic heterocycles. The fourth-order valence-corrected chi connectivity index (χ4v) is 3.42. The number of aromatic nitrogens is 3. The maximum atomic E-state index is 13.2. The number of benzene rings is 1. The quantitative estimate of drug-likeness (QED) is 0.476. The van der Waals surface area contributed by atoms with Crippen molar-refractivity contribution < 1.29 is 17.6 Å². The highest BCUT2D eigenvalue weighted by atomic mass is 19.4. The van der Waals surface area contributed by atoms with Gasteiger partial charge in [0.1, 0.15) is 0 Å². The Labute approximate surface area is 165 Å². The average molecular weight is 402 g/mol. The molecule has 8 heteroatoms. The summed E-state index contributed by atoms with van der Waals surface area (Å²) in [5.74, 6) is -0.0658. The molecule has 0 aliphatic carbocycles. The van der Waals surface area contributed by atoms with Crippen molar-refractivity contribution in [3.63, 3.8) is 0 Å². The van der Waals surface area contributed by atoms with Crippen LogP contribution in [0.5, 0.6) is 0 Å². The summed E-state index contributed by atoms with van der Waals surface area (Å²) in [6, 6.07) is 7.98. The molecule has 1 aromatic carbocycles. The summed E-state index contributed by atoms with van der Waals surface area (Å²) in [5, 5.41) is 0. The van der Waals surface area contributed by atoms with Gasteiger partial charge in [-0.1, -0.05) is 18.2 Å². The van der Waals surface area contributed by atoms with Crippen LogP contribution in [-0.2, 0) is 25.7 Å². The number of hydrogen-bond acceptors (Lipinski definition) is 4. The molecule has 1 aliphatic rings. The van der Waals surface area contributed by atoms with Gasteiger partial charge in [0.05, 0.1) is 11.3 Å². The molecule has 150 valence electrons. The molecule has 4 nitrogen and oxygen atoms in total. The molecular formula is C21H18F4N4. The molecule has 0 amide bonds. The molecule has 0 fully saturated rings. The SMILES string of the molecule is Cc1nc(F)ccc1CN1CCc2nc(-c3ccc(C(F)(F)F)cc3)ncc2C1. The Morgan fingerprint density at radius 3 is 2.48 bits per heavy atom. The number of pyridine rings is 1. The monoisotopic (exact) mass is 402 g/mol. The van der Waals surface area contributed by atoms with E-state index in [1.807, 2.05) is 0 Å². The number of aryl methyl sites for hydroxylation is 1. The van der Waals surface area contributed by atoms with E-state index >= 15 is 0 Å². The maximum absolute atomic E-state index is 13.2. The molecular weight excluding hydrogens is 384 g/mol. The lowest BCUT2D eigenvalue weighted by molar-refractivity contribution is -0.137. The standard InChI is InChI=1S/C21H18F4N4/c1-13-15(4-7-19(22)27-13)11-29-9-8-18-16(12-29)10-26-20(28-18)14-2-5-17(6-3-14)21(23,24)25/h2-7,10H,8-9,11-12H2,1H3. The van der Waals surface area contributed by atoms with Gasteiger partial charge in [0, 0.05) is 49.1 Å². The van der Waals surface area contributed by atoms with Gasteiger partial charge in [-0.3, -0.25) is 4.90 Å². The van der Waals surface area contributed by atoms with Gasteiger partial charge in [0.25, 0.3) is 0 Å². The fourth-order valence-electron chi connectivity index (χ4n) is 3.42.